The minimum atomic E-state index is 0.0832. The first kappa shape index (κ1) is 16.1. The van der Waals surface area contributed by atoms with Crippen LogP contribution in [-0.4, -0.2) is 34.0 Å². The van der Waals surface area contributed by atoms with Gasteiger partial charge in [0.1, 0.15) is 6.20 Å². The first-order valence-corrected chi connectivity index (χ1v) is 8.17. The Kier molecular flexibility index (Phi) is 5.00. The molecule has 1 aromatic heterocycles. The van der Waals surface area contributed by atoms with Crippen molar-refractivity contribution in [2.45, 2.75) is 38.4 Å². The molecule has 4 N–H and O–H groups in total. The van der Waals surface area contributed by atoms with Crippen LogP contribution in [0, 0.1) is 13.1 Å². The average molecular weight is 310 g/mol. The zero-order valence-electron chi connectivity index (χ0n) is 13.6. The summed E-state index contributed by atoms with van der Waals surface area (Å²) in [6, 6.07) is 10.7. The summed E-state index contributed by atoms with van der Waals surface area (Å²) in [5.74, 6) is 0. The fraction of sp³-hybridized carbons (Fsp3) is 0.444. The first-order chi connectivity index (χ1) is 11.2. The molecular formula is C18H24N5. The lowest BCUT2D eigenvalue weighted by molar-refractivity contribution is 0.233. The second kappa shape index (κ2) is 7.17. The number of hydrogen-bond acceptors (Lipinski definition) is 5. The molecule has 5 nitrogen and oxygen atoms in total. The molecule has 3 rings (SSSR count). The summed E-state index contributed by atoms with van der Waals surface area (Å²) in [5.41, 5.74) is 16.0. The molecular weight excluding hydrogens is 286 g/mol. The molecule has 0 saturated carbocycles. The molecule has 1 saturated heterocycles. The fourth-order valence-corrected chi connectivity index (χ4v) is 3.24. The molecule has 0 spiro atoms. The summed E-state index contributed by atoms with van der Waals surface area (Å²) in [4.78, 5) is 11.6. The number of hydrogen-bond donors (Lipinski definition) is 2. The Balaban J connectivity index is 1.87. The molecule has 0 aliphatic carbocycles. The quantitative estimate of drug-likeness (QED) is 0.871. The molecule has 1 aliphatic heterocycles. The van der Waals surface area contributed by atoms with E-state index in [1.54, 1.807) is 0 Å². The molecule has 2 aromatic rings. The standard InChI is InChI=1S/C18H24N5/c1-13-17(22-15(7-9-19)11-21-13)18-16(20)8-10-23(18)12-14-5-3-2-4-6-14/h2-6,16,18H,7-10,12,19-20H2,1H3. The predicted molar refractivity (Wildman–Crippen MR) is 90.5 cm³/mol. The van der Waals surface area contributed by atoms with Gasteiger partial charge in [-0.25, -0.2) is 4.98 Å². The fourth-order valence-electron chi connectivity index (χ4n) is 3.24. The second-order valence-electron chi connectivity index (χ2n) is 6.14. The highest BCUT2D eigenvalue weighted by atomic mass is 15.2. The molecule has 1 aromatic carbocycles. The Morgan fingerprint density at radius 2 is 2.09 bits per heavy atom. The van der Waals surface area contributed by atoms with Crippen LogP contribution in [0.25, 0.3) is 0 Å². The van der Waals surface area contributed by atoms with Crippen LogP contribution in [0.15, 0.2) is 30.3 Å². The highest BCUT2D eigenvalue weighted by molar-refractivity contribution is 5.22. The van der Waals surface area contributed by atoms with E-state index in [9.17, 15) is 0 Å². The van der Waals surface area contributed by atoms with Gasteiger partial charge in [0.05, 0.1) is 23.1 Å². The van der Waals surface area contributed by atoms with E-state index in [2.05, 4.69) is 40.3 Å². The largest absolute Gasteiger partial charge is 0.330 e. The van der Waals surface area contributed by atoms with Crippen molar-refractivity contribution in [3.8, 4) is 0 Å². The second-order valence-corrected chi connectivity index (χ2v) is 6.14. The van der Waals surface area contributed by atoms with Crippen LogP contribution in [0.5, 0.6) is 0 Å². The first-order valence-electron chi connectivity index (χ1n) is 8.17. The molecule has 1 aliphatic rings. The highest BCUT2D eigenvalue weighted by Crippen LogP contribution is 2.32. The predicted octanol–water partition coefficient (Wildman–Crippen LogP) is 1.36. The van der Waals surface area contributed by atoms with E-state index >= 15 is 0 Å². The van der Waals surface area contributed by atoms with Crippen molar-refractivity contribution in [3.63, 3.8) is 0 Å². The Morgan fingerprint density at radius 3 is 2.83 bits per heavy atom. The van der Waals surface area contributed by atoms with Gasteiger partial charge in [0.15, 0.2) is 0 Å². The number of benzene rings is 1. The molecule has 1 fully saturated rings. The normalized spacial score (nSPS) is 21.7. The van der Waals surface area contributed by atoms with E-state index in [1.807, 2.05) is 13.0 Å². The molecule has 121 valence electrons. The van der Waals surface area contributed by atoms with Crippen LogP contribution >= 0.6 is 0 Å². The summed E-state index contributed by atoms with van der Waals surface area (Å²) in [6.07, 6.45) is 4.65. The van der Waals surface area contributed by atoms with Gasteiger partial charge < -0.3 is 11.5 Å². The van der Waals surface area contributed by atoms with Gasteiger partial charge in [0.25, 0.3) is 0 Å². The number of aryl methyl sites for hydroxylation is 1. The maximum Gasteiger partial charge on any atom is 0.112 e. The number of likely N-dealkylation sites (tertiary alicyclic amines) is 1. The van der Waals surface area contributed by atoms with Gasteiger partial charge in [-0.2, -0.15) is 0 Å². The zero-order valence-corrected chi connectivity index (χ0v) is 13.6. The Labute approximate surface area is 137 Å². The SMILES string of the molecule is Cc1n[c]c(CCN)nc1C1C(N)CCN1Cc1ccccc1. The summed E-state index contributed by atoms with van der Waals surface area (Å²) in [6.45, 7) is 4.40. The molecule has 2 heterocycles. The van der Waals surface area contributed by atoms with Crippen LogP contribution in [0.3, 0.4) is 0 Å². The van der Waals surface area contributed by atoms with Crippen molar-refractivity contribution in [2.75, 3.05) is 13.1 Å². The molecule has 1 radical (unpaired) electrons. The summed E-state index contributed by atoms with van der Waals surface area (Å²) in [7, 11) is 0. The molecule has 2 atom stereocenters. The maximum atomic E-state index is 6.40. The highest BCUT2D eigenvalue weighted by Gasteiger charge is 2.35. The van der Waals surface area contributed by atoms with Gasteiger partial charge in [0, 0.05) is 25.6 Å². The van der Waals surface area contributed by atoms with Crippen LogP contribution in [0.2, 0.25) is 0 Å². The lowest BCUT2D eigenvalue weighted by Crippen LogP contribution is -2.33. The van der Waals surface area contributed by atoms with Crippen LogP contribution in [-0.2, 0) is 13.0 Å². The minimum absolute atomic E-state index is 0.0832. The smallest absolute Gasteiger partial charge is 0.112 e. The van der Waals surface area contributed by atoms with Crippen molar-refractivity contribution >= 4 is 0 Å². The average Bonchev–Trinajstić information content (AvgIpc) is 2.91. The number of aromatic nitrogens is 2. The van der Waals surface area contributed by atoms with Gasteiger partial charge >= 0.3 is 0 Å². The van der Waals surface area contributed by atoms with E-state index in [0.29, 0.717) is 13.0 Å². The lowest BCUT2D eigenvalue weighted by atomic mass is 10.0. The maximum absolute atomic E-state index is 6.40. The van der Waals surface area contributed by atoms with Crippen molar-refractivity contribution in [1.29, 1.82) is 0 Å². The molecule has 0 bridgehead atoms. The number of rotatable bonds is 5. The third kappa shape index (κ3) is 3.58. The van der Waals surface area contributed by atoms with Crippen molar-refractivity contribution < 1.29 is 0 Å². The summed E-state index contributed by atoms with van der Waals surface area (Å²) < 4.78 is 0. The van der Waals surface area contributed by atoms with Crippen molar-refractivity contribution in [3.05, 3.63) is 59.2 Å². The van der Waals surface area contributed by atoms with E-state index in [0.717, 1.165) is 36.6 Å². The summed E-state index contributed by atoms with van der Waals surface area (Å²) in [5, 5.41) is 0. The van der Waals surface area contributed by atoms with Crippen LogP contribution in [0.4, 0.5) is 0 Å². The molecule has 0 amide bonds. The molecule has 2 unspecified atom stereocenters. The van der Waals surface area contributed by atoms with E-state index < -0.39 is 0 Å². The van der Waals surface area contributed by atoms with Crippen molar-refractivity contribution in [2.24, 2.45) is 11.5 Å². The van der Waals surface area contributed by atoms with Gasteiger partial charge in [-0.15, -0.1) is 0 Å². The van der Waals surface area contributed by atoms with Gasteiger partial charge in [-0.3, -0.25) is 9.88 Å². The van der Waals surface area contributed by atoms with Crippen LogP contribution in [0.1, 0.15) is 35.1 Å². The Hall–Kier alpha value is -1.82. The minimum Gasteiger partial charge on any atom is -0.330 e. The number of nitrogens with two attached hydrogens (primary N) is 2. The topological polar surface area (TPSA) is 81.1 Å². The van der Waals surface area contributed by atoms with Crippen molar-refractivity contribution in [1.82, 2.24) is 14.9 Å². The van der Waals surface area contributed by atoms with E-state index in [-0.39, 0.29) is 12.1 Å². The third-order valence-corrected chi connectivity index (χ3v) is 4.42. The third-order valence-electron chi connectivity index (χ3n) is 4.42. The van der Waals surface area contributed by atoms with Gasteiger partial charge in [-0.1, -0.05) is 30.3 Å². The summed E-state index contributed by atoms with van der Waals surface area (Å²) >= 11 is 0. The van der Waals surface area contributed by atoms with Crippen LogP contribution < -0.4 is 11.5 Å². The van der Waals surface area contributed by atoms with Gasteiger partial charge in [-0.05, 0) is 25.5 Å². The Bertz CT molecular complexity index is 643. The molecule has 23 heavy (non-hydrogen) atoms. The molecule has 5 heteroatoms. The monoisotopic (exact) mass is 310 g/mol. The number of nitrogens with zero attached hydrogens (tertiary/aromatic N) is 3. The van der Waals surface area contributed by atoms with E-state index in [4.69, 9.17) is 16.5 Å². The van der Waals surface area contributed by atoms with Gasteiger partial charge in [0.2, 0.25) is 0 Å². The lowest BCUT2D eigenvalue weighted by Gasteiger charge is -2.27. The zero-order chi connectivity index (χ0) is 16.2. The Morgan fingerprint density at radius 1 is 1.30 bits per heavy atom. The van der Waals surface area contributed by atoms with E-state index in [1.165, 1.54) is 5.56 Å².